The smallest absolute Gasteiger partial charge is 0.159 e. The predicted octanol–water partition coefficient (Wildman–Crippen LogP) is 3.80. The monoisotopic (exact) mass is 276 g/mol. The maximum absolute atomic E-state index is 11.5. The Morgan fingerprint density at radius 3 is 2.57 bits per heavy atom. The highest BCUT2D eigenvalue weighted by Crippen LogP contribution is 2.21. The number of imidazole rings is 1. The van der Waals surface area contributed by atoms with Crippen molar-refractivity contribution in [2.24, 2.45) is 0 Å². The van der Waals surface area contributed by atoms with E-state index in [-0.39, 0.29) is 5.78 Å². The van der Waals surface area contributed by atoms with Crippen LogP contribution in [0.4, 0.5) is 0 Å². The molecule has 21 heavy (non-hydrogen) atoms. The van der Waals surface area contributed by atoms with Gasteiger partial charge in [0.2, 0.25) is 0 Å². The molecule has 104 valence electrons. The Morgan fingerprint density at radius 1 is 1.10 bits per heavy atom. The van der Waals surface area contributed by atoms with Crippen LogP contribution in [-0.2, 0) is 6.54 Å². The van der Waals surface area contributed by atoms with Crippen LogP contribution in [0.5, 0.6) is 0 Å². The van der Waals surface area contributed by atoms with E-state index in [1.165, 1.54) is 5.56 Å². The third-order valence-electron chi connectivity index (χ3n) is 3.48. The summed E-state index contributed by atoms with van der Waals surface area (Å²) in [6, 6.07) is 16.1. The number of rotatable bonds is 4. The van der Waals surface area contributed by atoms with E-state index in [1.807, 2.05) is 41.4 Å². The van der Waals surface area contributed by atoms with Crippen molar-refractivity contribution in [2.75, 3.05) is 0 Å². The number of benzene rings is 2. The molecule has 0 amide bonds. The first-order valence-corrected chi connectivity index (χ1v) is 6.88. The molecule has 1 aromatic heterocycles. The lowest BCUT2D eigenvalue weighted by atomic mass is 10.0. The highest BCUT2D eigenvalue weighted by molar-refractivity contribution is 5.95. The van der Waals surface area contributed by atoms with E-state index < -0.39 is 0 Å². The van der Waals surface area contributed by atoms with E-state index in [4.69, 9.17) is 0 Å². The van der Waals surface area contributed by atoms with Gasteiger partial charge in [-0.2, -0.15) is 0 Å². The molecule has 3 nitrogen and oxygen atoms in total. The van der Waals surface area contributed by atoms with E-state index in [0.717, 1.165) is 23.2 Å². The van der Waals surface area contributed by atoms with E-state index in [0.29, 0.717) is 0 Å². The Balaban J connectivity index is 1.83. The van der Waals surface area contributed by atoms with Gasteiger partial charge in [-0.25, -0.2) is 4.98 Å². The normalized spacial score (nSPS) is 10.5. The van der Waals surface area contributed by atoms with Crippen LogP contribution in [0, 0.1) is 0 Å². The van der Waals surface area contributed by atoms with Gasteiger partial charge in [-0.15, -0.1) is 0 Å². The van der Waals surface area contributed by atoms with Gasteiger partial charge >= 0.3 is 0 Å². The summed E-state index contributed by atoms with van der Waals surface area (Å²) in [4.78, 5) is 15.5. The first kappa shape index (κ1) is 13.3. The third-order valence-corrected chi connectivity index (χ3v) is 3.48. The number of Topliss-reactive ketones (excluding diaryl/α,β-unsaturated/α-hetero) is 1. The molecule has 0 unspecified atom stereocenters. The molecule has 3 aromatic rings. The second-order valence-corrected chi connectivity index (χ2v) is 5.07. The van der Waals surface area contributed by atoms with Crippen LogP contribution in [0.2, 0.25) is 0 Å². The second-order valence-electron chi connectivity index (χ2n) is 5.07. The SMILES string of the molecule is CC(=O)c1cccc(-c2ccc(Cn3ccnc3)cc2)c1. The van der Waals surface area contributed by atoms with Crippen molar-refractivity contribution >= 4 is 5.78 Å². The number of carbonyl (C=O) groups excluding carboxylic acids is 1. The largest absolute Gasteiger partial charge is 0.333 e. The number of aromatic nitrogens is 2. The average Bonchev–Trinajstić information content (AvgIpc) is 3.01. The molecule has 0 atom stereocenters. The summed E-state index contributed by atoms with van der Waals surface area (Å²) in [7, 11) is 0. The van der Waals surface area contributed by atoms with Crippen molar-refractivity contribution in [3.8, 4) is 11.1 Å². The lowest BCUT2D eigenvalue weighted by molar-refractivity contribution is 0.101. The van der Waals surface area contributed by atoms with Crippen LogP contribution in [0.15, 0.2) is 67.3 Å². The molecular formula is C18H16N2O. The zero-order valence-corrected chi connectivity index (χ0v) is 11.9. The molecule has 1 heterocycles. The molecule has 0 aliphatic heterocycles. The summed E-state index contributed by atoms with van der Waals surface area (Å²) in [6.45, 7) is 2.40. The van der Waals surface area contributed by atoms with Crippen LogP contribution >= 0.6 is 0 Å². The van der Waals surface area contributed by atoms with E-state index in [1.54, 1.807) is 13.1 Å². The fourth-order valence-corrected chi connectivity index (χ4v) is 2.31. The Hall–Kier alpha value is -2.68. The summed E-state index contributed by atoms with van der Waals surface area (Å²) in [5, 5.41) is 0. The van der Waals surface area contributed by atoms with Gasteiger partial charge in [0.15, 0.2) is 5.78 Å². The van der Waals surface area contributed by atoms with Crippen LogP contribution in [-0.4, -0.2) is 15.3 Å². The minimum atomic E-state index is 0.0913. The van der Waals surface area contributed by atoms with Crippen molar-refractivity contribution < 1.29 is 4.79 Å². The number of nitrogens with zero attached hydrogens (tertiary/aromatic N) is 2. The van der Waals surface area contributed by atoms with Crippen molar-refractivity contribution in [3.05, 3.63) is 78.4 Å². The summed E-state index contributed by atoms with van der Waals surface area (Å²) < 4.78 is 2.03. The summed E-state index contributed by atoms with van der Waals surface area (Å²) in [5.41, 5.74) is 4.15. The van der Waals surface area contributed by atoms with Gasteiger partial charge < -0.3 is 4.57 Å². The standard InChI is InChI=1S/C18H16N2O/c1-14(21)17-3-2-4-18(11-17)16-7-5-15(6-8-16)12-20-10-9-19-13-20/h2-11,13H,12H2,1H3. The van der Waals surface area contributed by atoms with Crippen LogP contribution in [0.25, 0.3) is 11.1 Å². The summed E-state index contributed by atoms with van der Waals surface area (Å²) >= 11 is 0. The van der Waals surface area contributed by atoms with E-state index in [9.17, 15) is 4.79 Å². The van der Waals surface area contributed by atoms with Gasteiger partial charge in [-0.05, 0) is 29.7 Å². The Labute approximate surface area is 123 Å². The van der Waals surface area contributed by atoms with Gasteiger partial charge in [-0.3, -0.25) is 4.79 Å². The Bertz CT molecular complexity index is 743. The Morgan fingerprint density at radius 2 is 1.90 bits per heavy atom. The topological polar surface area (TPSA) is 34.9 Å². The van der Waals surface area contributed by atoms with Crippen LogP contribution in [0.3, 0.4) is 0 Å². The zero-order valence-electron chi connectivity index (χ0n) is 11.9. The predicted molar refractivity (Wildman–Crippen MR) is 83.2 cm³/mol. The van der Waals surface area contributed by atoms with Crippen molar-refractivity contribution in [1.29, 1.82) is 0 Å². The second kappa shape index (κ2) is 5.75. The third kappa shape index (κ3) is 3.08. The summed E-state index contributed by atoms with van der Waals surface area (Å²) in [6.07, 6.45) is 5.54. The van der Waals surface area contributed by atoms with Crippen LogP contribution < -0.4 is 0 Å². The molecule has 0 aliphatic carbocycles. The van der Waals surface area contributed by atoms with Gasteiger partial charge in [0, 0.05) is 24.5 Å². The quantitative estimate of drug-likeness (QED) is 0.679. The van der Waals surface area contributed by atoms with Crippen molar-refractivity contribution in [3.63, 3.8) is 0 Å². The van der Waals surface area contributed by atoms with Gasteiger partial charge in [-0.1, -0.05) is 42.5 Å². The highest BCUT2D eigenvalue weighted by Gasteiger charge is 2.03. The molecule has 0 bridgehead atoms. The number of carbonyl (C=O) groups is 1. The van der Waals surface area contributed by atoms with Gasteiger partial charge in [0.25, 0.3) is 0 Å². The molecule has 0 saturated carbocycles. The lowest BCUT2D eigenvalue weighted by Crippen LogP contribution is -1.96. The molecule has 0 N–H and O–H groups in total. The zero-order chi connectivity index (χ0) is 14.7. The highest BCUT2D eigenvalue weighted by atomic mass is 16.1. The lowest BCUT2D eigenvalue weighted by Gasteiger charge is -2.06. The molecular weight excluding hydrogens is 260 g/mol. The average molecular weight is 276 g/mol. The van der Waals surface area contributed by atoms with Crippen LogP contribution in [0.1, 0.15) is 22.8 Å². The van der Waals surface area contributed by atoms with Crippen molar-refractivity contribution in [1.82, 2.24) is 9.55 Å². The maximum Gasteiger partial charge on any atom is 0.159 e. The van der Waals surface area contributed by atoms with Crippen molar-refractivity contribution in [2.45, 2.75) is 13.5 Å². The first-order chi connectivity index (χ1) is 10.2. The maximum atomic E-state index is 11.5. The molecule has 0 aliphatic rings. The molecule has 3 rings (SSSR count). The van der Waals surface area contributed by atoms with E-state index >= 15 is 0 Å². The molecule has 0 fully saturated rings. The first-order valence-electron chi connectivity index (χ1n) is 6.88. The Kier molecular flexibility index (Phi) is 3.65. The molecule has 2 aromatic carbocycles. The van der Waals surface area contributed by atoms with E-state index in [2.05, 4.69) is 29.2 Å². The number of ketones is 1. The summed E-state index contributed by atoms with van der Waals surface area (Å²) in [5.74, 6) is 0.0913. The molecule has 0 radical (unpaired) electrons. The fraction of sp³-hybridized carbons (Fsp3) is 0.111. The molecule has 0 spiro atoms. The molecule has 3 heteroatoms. The molecule has 0 saturated heterocycles. The fourth-order valence-electron chi connectivity index (χ4n) is 2.31. The number of hydrogen-bond acceptors (Lipinski definition) is 2. The minimum absolute atomic E-state index is 0.0913. The minimum Gasteiger partial charge on any atom is -0.333 e. The number of hydrogen-bond donors (Lipinski definition) is 0. The van der Waals surface area contributed by atoms with Gasteiger partial charge in [0.1, 0.15) is 0 Å². The van der Waals surface area contributed by atoms with Gasteiger partial charge in [0.05, 0.1) is 6.33 Å².